The predicted octanol–water partition coefficient (Wildman–Crippen LogP) is 3.31. The monoisotopic (exact) mass is 256 g/mol. The second kappa shape index (κ2) is 63.2. The highest BCUT2D eigenvalue weighted by atomic mass is 16.5. The van der Waals surface area contributed by atoms with Crippen molar-refractivity contribution in [2.45, 2.75) is 43.6 Å². The standard InChI is InChI=1S/C4H6O2.C2H4O2.C2H4.4CH4.H2O/c1-3-6-4(2)5;1-2(3)4;1-2;;;;;/h3H,1H2,2H3;1H3,(H,3,4);1-2H2;4*1H4;1H2. The van der Waals surface area contributed by atoms with Crippen molar-refractivity contribution in [1.29, 1.82) is 0 Å². The Balaban J connectivity index is -0.0000000113. The molecular formula is C12H32O5. The summed E-state index contributed by atoms with van der Waals surface area (Å²) in [5.74, 6) is -1.16. The third kappa shape index (κ3) is 1160. The molecule has 110 valence electrons. The molecule has 0 saturated carbocycles. The van der Waals surface area contributed by atoms with E-state index in [1.807, 2.05) is 0 Å². The van der Waals surface area contributed by atoms with E-state index >= 15 is 0 Å². The molecule has 0 aliphatic heterocycles. The van der Waals surface area contributed by atoms with Crippen molar-refractivity contribution in [2.75, 3.05) is 0 Å². The van der Waals surface area contributed by atoms with Gasteiger partial charge in [-0.2, -0.15) is 0 Å². The highest BCUT2D eigenvalue weighted by molar-refractivity contribution is 5.66. The SMILES string of the molecule is C.C.C.C.C=C.C=COC(C)=O.CC(=O)O.O. The molecule has 0 aromatic carbocycles. The minimum absolute atomic E-state index is 0. The van der Waals surface area contributed by atoms with Gasteiger partial charge in [-0.1, -0.05) is 36.3 Å². The number of aliphatic carboxylic acids is 1. The second-order valence-corrected chi connectivity index (χ2v) is 1.30. The molecule has 0 saturated heterocycles. The lowest BCUT2D eigenvalue weighted by molar-refractivity contribution is -0.136. The fourth-order valence-electron chi connectivity index (χ4n) is 0.117. The first kappa shape index (κ1) is 58.4. The molecule has 0 fully saturated rings. The molecule has 5 heteroatoms. The lowest BCUT2D eigenvalue weighted by atomic mass is 10.8. The van der Waals surface area contributed by atoms with Crippen LogP contribution in [0.2, 0.25) is 0 Å². The number of carboxylic acids is 1. The van der Waals surface area contributed by atoms with E-state index in [9.17, 15) is 4.79 Å². The Hall–Kier alpha value is -1.62. The van der Waals surface area contributed by atoms with E-state index in [-0.39, 0.29) is 41.2 Å². The Kier molecular flexibility index (Phi) is 217. The van der Waals surface area contributed by atoms with Crippen molar-refractivity contribution in [3.63, 3.8) is 0 Å². The maximum atomic E-state index is 9.75. The number of carbonyl (C=O) groups is 2. The van der Waals surface area contributed by atoms with Crippen LogP contribution >= 0.6 is 0 Å². The molecule has 0 spiro atoms. The van der Waals surface area contributed by atoms with Gasteiger partial charge in [0.15, 0.2) is 0 Å². The summed E-state index contributed by atoms with van der Waals surface area (Å²) >= 11 is 0. The second-order valence-electron chi connectivity index (χ2n) is 1.30. The van der Waals surface area contributed by atoms with Gasteiger partial charge >= 0.3 is 5.97 Å². The largest absolute Gasteiger partial charge is 0.481 e. The number of esters is 1. The molecule has 0 aromatic rings. The normalized spacial score (nSPS) is 4.12. The Bertz CT molecular complexity index is 140. The van der Waals surface area contributed by atoms with Crippen molar-refractivity contribution >= 4 is 11.9 Å². The van der Waals surface area contributed by atoms with Gasteiger partial charge in [-0.25, -0.2) is 0 Å². The summed E-state index contributed by atoms with van der Waals surface area (Å²) in [5.41, 5.74) is 0. The van der Waals surface area contributed by atoms with E-state index in [0.29, 0.717) is 0 Å². The molecule has 0 atom stereocenters. The van der Waals surface area contributed by atoms with Gasteiger partial charge in [0.2, 0.25) is 0 Å². The summed E-state index contributed by atoms with van der Waals surface area (Å²) in [4.78, 5) is 18.8. The average Bonchev–Trinajstić information content (AvgIpc) is 1.90. The van der Waals surface area contributed by atoms with Gasteiger partial charge in [-0.05, 0) is 0 Å². The van der Waals surface area contributed by atoms with Crippen molar-refractivity contribution in [3.8, 4) is 0 Å². The molecule has 0 aromatic heterocycles. The Morgan fingerprint density at radius 2 is 1.24 bits per heavy atom. The molecule has 0 rings (SSSR count). The maximum Gasteiger partial charge on any atom is 0.307 e. The lowest BCUT2D eigenvalue weighted by Gasteiger charge is -1.83. The summed E-state index contributed by atoms with van der Waals surface area (Å²) in [6.07, 6.45) is 1.10. The van der Waals surface area contributed by atoms with Crippen LogP contribution in [0.1, 0.15) is 43.6 Å². The molecule has 0 amide bonds. The molecule has 0 unspecified atom stereocenters. The van der Waals surface area contributed by atoms with Gasteiger partial charge in [0, 0.05) is 13.8 Å². The molecular weight excluding hydrogens is 224 g/mol. The van der Waals surface area contributed by atoms with Crippen LogP contribution in [-0.4, -0.2) is 22.5 Å². The fraction of sp³-hybridized carbons (Fsp3) is 0.500. The highest BCUT2D eigenvalue weighted by Gasteiger charge is 1.79. The summed E-state index contributed by atoms with van der Waals surface area (Å²) in [5, 5.41) is 7.42. The van der Waals surface area contributed by atoms with Crippen molar-refractivity contribution in [3.05, 3.63) is 26.0 Å². The molecule has 3 N–H and O–H groups in total. The minimum atomic E-state index is -0.833. The van der Waals surface area contributed by atoms with Crippen LogP contribution in [0.5, 0.6) is 0 Å². The number of carboxylic acid groups (broad SMARTS) is 1. The zero-order chi connectivity index (χ0) is 10.6. The van der Waals surface area contributed by atoms with Crippen LogP contribution in [0.4, 0.5) is 0 Å². The summed E-state index contributed by atoms with van der Waals surface area (Å²) in [6, 6.07) is 0. The van der Waals surface area contributed by atoms with E-state index in [2.05, 4.69) is 24.5 Å². The molecule has 17 heavy (non-hydrogen) atoms. The van der Waals surface area contributed by atoms with E-state index in [0.717, 1.165) is 13.2 Å². The number of hydrogen-bond acceptors (Lipinski definition) is 3. The fourth-order valence-corrected chi connectivity index (χ4v) is 0.117. The number of rotatable bonds is 1. The topological polar surface area (TPSA) is 95.1 Å². The third-order valence-electron chi connectivity index (χ3n) is 0.249. The Morgan fingerprint density at radius 3 is 1.24 bits per heavy atom. The van der Waals surface area contributed by atoms with Crippen molar-refractivity contribution < 1.29 is 24.9 Å². The van der Waals surface area contributed by atoms with Crippen LogP contribution in [0.3, 0.4) is 0 Å². The quantitative estimate of drug-likeness (QED) is 0.442. The maximum absolute atomic E-state index is 9.75. The van der Waals surface area contributed by atoms with Gasteiger partial charge in [0.25, 0.3) is 5.97 Å². The minimum Gasteiger partial charge on any atom is -0.481 e. The Labute approximate surface area is 107 Å². The first-order valence-corrected chi connectivity index (χ1v) is 2.98. The first-order valence-electron chi connectivity index (χ1n) is 2.98. The number of carbonyl (C=O) groups excluding carboxylic acids is 1. The molecule has 0 radical (unpaired) electrons. The zero-order valence-electron chi connectivity index (χ0n) is 7.87. The van der Waals surface area contributed by atoms with E-state index < -0.39 is 5.97 Å². The molecule has 0 aliphatic rings. The van der Waals surface area contributed by atoms with Gasteiger partial charge < -0.3 is 15.3 Å². The van der Waals surface area contributed by atoms with Gasteiger partial charge in [0.05, 0.1) is 6.26 Å². The van der Waals surface area contributed by atoms with E-state index in [4.69, 9.17) is 9.90 Å². The molecule has 0 heterocycles. The van der Waals surface area contributed by atoms with Crippen LogP contribution in [0, 0.1) is 0 Å². The van der Waals surface area contributed by atoms with Crippen LogP contribution in [0.15, 0.2) is 26.0 Å². The van der Waals surface area contributed by atoms with E-state index in [1.54, 1.807) is 0 Å². The van der Waals surface area contributed by atoms with Gasteiger partial charge in [0.1, 0.15) is 0 Å². The summed E-state index contributed by atoms with van der Waals surface area (Å²) in [6.45, 7) is 11.6. The molecule has 0 bridgehead atoms. The van der Waals surface area contributed by atoms with Crippen LogP contribution in [0.25, 0.3) is 0 Å². The van der Waals surface area contributed by atoms with Crippen LogP contribution in [-0.2, 0) is 14.3 Å². The lowest BCUT2D eigenvalue weighted by Crippen LogP contribution is -1.87. The smallest absolute Gasteiger partial charge is 0.307 e. The Morgan fingerprint density at radius 1 is 1.06 bits per heavy atom. The summed E-state index contributed by atoms with van der Waals surface area (Å²) in [7, 11) is 0. The van der Waals surface area contributed by atoms with Crippen LogP contribution < -0.4 is 0 Å². The molecule has 5 nitrogen and oxygen atoms in total. The third-order valence-corrected chi connectivity index (χ3v) is 0.249. The highest BCUT2D eigenvalue weighted by Crippen LogP contribution is 1.70. The number of hydrogen-bond donors (Lipinski definition) is 1. The van der Waals surface area contributed by atoms with E-state index in [1.165, 1.54) is 6.92 Å². The summed E-state index contributed by atoms with van der Waals surface area (Å²) < 4.78 is 4.17. The molecule has 0 aliphatic carbocycles. The zero-order valence-corrected chi connectivity index (χ0v) is 7.87. The van der Waals surface area contributed by atoms with Gasteiger partial charge in [-0.3, -0.25) is 9.59 Å². The van der Waals surface area contributed by atoms with Gasteiger partial charge in [-0.15, -0.1) is 13.2 Å². The predicted molar refractivity (Wildman–Crippen MR) is 77.1 cm³/mol. The average molecular weight is 256 g/mol. The first-order chi connectivity index (χ1) is 5.50. The van der Waals surface area contributed by atoms with Crippen molar-refractivity contribution in [1.82, 2.24) is 0 Å². The van der Waals surface area contributed by atoms with Crippen molar-refractivity contribution in [2.24, 2.45) is 0 Å². The number of ether oxygens (including phenoxy) is 1.